The first kappa shape index (κ1) is 11.1. The second-order valence-electron chi connectivity index (χ2n) is 5.24. The van der Waals surface area contributed by atoms with Crippen molar-refractivity contribution in [1.82, 2.24) is 9.55 Å². The van der Waals surface area contributed by atoms with Crippen LogP contribution >= 0.6 is 0 Å². The molecule has 1 aromatic carbocycles. The first-order valence-electron chi connectivity index (χ1n) is 8.15. The summed E-state index contributed by atoms with van der Waals surface area (Å²) in [6, 6.07) is 0.734. The van der Waals surface area contributed by atoms with Crippen LogP contribution in [0.2, 0.25) is 0 Å². The Bertz CT molecular complexity index is 968. The molecule has 22 heavy (non-hydrogen) atoms. The van der Waals surface area contributed by atoms with Gasteiger partial charge in [0.25, 0.3) is 5.56 Å². The molecule has 1 aliphatic carbocycles. The molecule has 3 rings (SSSR count). The summed E-state index contributed by atoms with van der Waals surface area (Å²) in [5.41, 5.74) is 4.48. The van der Waals surface area contributed by atoms with Crippen molar-refractivity contribution >= 4 is 28.2 Å². The van der Waals surface area contributed by atoms with Crippen LogP contribution in [-0.4, -0.2) is 21.1 Å². The molecular formula is C15H14FN3O3. The zero-order chi connectivity index (χ0) is 18.5. The number of aryl methyl sites for hydroxylation is 1. The van der Waals surface area contributed by atoms with E-state index in [2.05, 4.69) is 4.98 Å². The van der Waals surface area contributed by atoms with Crippen molar-refractivity contribution in [2.24, 2.45) is 0 Å². The number of anilines is 1. The van der Waals surface area contributed by atoms with Gasteiger partial charge in [0.2, 0.25) is 0 Å². The molecule has 2 aromatic rings. The van der Waals surface area contributed by atoms with E-state index in [1.54, 1.807) is 0 Å². The first-order chi connectivity index (χ1) is 11.6. The average molecular weight is 306 g/mol. The molecule has 1 unspecified atom stereocenters. The highest BCUT2D eigenvalue weighted by molar-refractivity contribution is 6.03. The Hall–Kier alpha value is -2.57. The van der Waals surface area contributed by atoms with Gasteiger partial charge in [-0.05, 0) is 19.3 Å². The Labute approximate surface area is 129 Å². The molecule has 0 spiro atoms. The number of benzene rings is 1. The highest BCUT2D eigenvalue weighted by Gasteiger charge is 2.30. The zero-order valence-corrected chi connectivity index (χ0v) is 11.4. The molecule has 0 amide bonds. The largest absolute Gasteiger partial charge is 0.398 e. The number of hydrogen-bond donors (Lipinski definition) is 1. The van der Waals surface area contributed by atoms with Crippen molar-refractivity contribution in [3.8, 4) is 0 Å². The van der Waals surface area contributed by atoms with Crippen LogP contribution in [0.5, 0.6) is 0 Å². The fourth-order valence-electron chi connectivity index (χ4n) is 2.74. The van der Waals surface area contributed by atoms with Gasteiger partial charge in [-0.2, -0.15) is 0 Å². The van der Waals surface area contributed by atoms with Crippen molar-refractivity contribution < 1.29 is 18.1 Å². The fraction of sp³-hybridized carbons (Fsp3) is 0.333. The van der Waals surface area contributed by atoms with Crippen molar-refractivity contribution in [2.75, 3.05) is 5.73 Å². The van der Waals surface area contributed by atoms with E-state index in [4.69, 9.17) is 9.85 Å². The maximum atomic E-state index is 13.6. The number of halogens is 1. The van der Waals surface area contributed by atoms with Crippen LogP contribution < -0.4 is 11.3 Å². The van der Waals surface area contributed by atoms with Crippen molar-refractivity contribution in [3.05, 3.63) is 34.1 Å². The molecular weight excluding hydrogens is 289 g/mol. The van der Waals surface area contributed by atoms with Gasteiger partial charge in [0.05, 0.1) is 23.4 Å². The maximum Gasteiger partial charge on any atom is 0.264 e. The monoisotopic (exact) mass is 306 g/mol. The Morgan fingerprint density at radius 2 is 2.18 bits per heavy atom. The molecule has 1 aliphatic rings. The van der Waals surface area contributed by atoms with Gasteiger partial charge in [-0.15, -0.1) is 0 Å². The molecule has 1 aromatic heterocycles. The third-order valence-corrected chi connectivity index (χ3v) is 3.75. The van der Waals surface area contributed by atoms with E-state index in [0.29, 0.717) is 0 Å². The summed E-state index contributed by atoms with van der Waals surface area (Å²) in [4.78, 5) is 40.4. The number of nitrogen functional groups attached to an aromatic ring is 1. The van der Waals surface area contributed by atoms with Gasteiger partial charge in [0, 0.05) is 22.3 Å². The van der Waals surface area contributed by atoms with Gasteiger partial charge in [-0.25, -0.2) is 9.37 Å². The summed E-state index contributed by atoms with van der Waals surface area (Å²) >= 11 is 0. The Kier molecular flexibility index (Phi) is 2.52. The van der Waals surface area contributed by atoms with Gasteiger partial charge in [-0.3, -0.25) is 19.0 Å². The minimum Gasteiger partial charge on any atom is -0.398 e. The zero-order valence-electron chi connectivity index (χ0n) is 14.4. The normalized spacial score (nSPS) is 21.5. The average Bonchev–Trinajstić information content (AvgIpc) is 2.46. The fourth-order valence-corrected chi connectivity index (χ4v) is 2.74. The summed E-state index contributed by atoms with van der Waals surface area (Å²) in [5, 5.41) is -0.154. The Morgan fingerprint density at radius 3 is 2.86 bits per heavy atom. The third kappa shape index (κ3) is 2.18. The van der Waals surface area contributed by atoms with Crippen LogP contribution in [0.4, 0.5) is 10.1 Å². The Balaban J connectivity index is 2.36. The van der Waals surface area contributed by atoms with Crippen molar-refractivity contribution in [2.45, 2.75) is 32.2 Å². The third-order valence-electron chi connectivity index (χ3n) is 3.75. The standard InChI is InChI=1S/C15H14FN3O3/c1-7-18-11-5-8(16)4-10(17)14(11)15(22)19(7)12-3-2-9(20)6-13(12)21/h4-5,12H,2-3,6,17H2,1H3/i1D3. The number of ketones is 2. The van der Waals surface area contributed by atoms with Crippen LogP contribution in [0.3, 0.4) is 0 Å². The lowest BCUT2D eigenvalue weighted by Gasteiger charge is -2.24. The van der Waals surface area contributed by atoms with Crippen LogP contribution in [0.25, 0.3) is 10.9 Å². The highest BCUT2D eigenvalue weighted by atomic mass is 19.1. The summed E-state index contributed by atoms with van der Waals surface area (Å²) in [6.07, 6.45) is -0.302. The summed E-state index contributed by atoms with van der Waals surface area (Å²) in [7, 11) is 0. The van der Waals surface area contributed by atoms with Crippen LogP contribution in [-0.2, 0) is 9.59 Å². The molecule has 0 bridgehead atoms. The predicted molar refractivity (Wildman–Crippen MR) is 78.0 cm³/mol. The van der Waals surface area contributed by atoms with Crippen LogP contribution in [0.1, 0.15) is 35.2 Å². The number of rotatable bonds is 1. The van der Waals surface area contributed by atoms with Crippen LogP contribution in [0, 0.1) is 12.7 Å². The van der Waals surface area contributed by atoms with Gasteiger partial charge in [0.15, 0.2) is 5.78 Å². The highest BCUT2D eigenvalue weighted by Crippen LogP contribution is 2.25. The number of aromatic nitrogens is 2. The molecule has 0 saturated heterocycles. The van der Waals surface area contributed by atoms with Crippen molar-refractivity contribution in [3.63, 3.8) is 0 Å². The number of Topliss-reactive ketones (excluding diaryl/α,β-unsaturated/α-hetero) is 2. The summed E-state index contributed by atoms with van der Waals surface area (Å²) in [6.45, 7) is -2.81. The lowest BCUT2D eigenvalue weighted by Crippen LogP contribution is -2.36. The van der Waals surface area contributed by atoms with Gasteiger partial charge >= 0.3 is 0 Å². The minimum absolute atomic E-state index is 0.00887. The molecule has 114 valence electrons. The molecule has 0 radical (unpaired) electrons. The van der Waals surface area contributed by atoms with Gasteiger partial charge in [0.1, 0.15) is 17.4 Å². The smallest absolute Gasteiger partial charge is 0.264 e. The molecule has 1 saturated carbocycles. The van der Waals surface area contributed by atoms with E-state index >= 15 is 0 Å². The molecule has 1 fully saturated rings. The second kappa shape index (κ2) is 5.01. The second-order valence-corrected chi connectivity index (χ2v) is 5.24. The van der Waals surface area contributed by atoms with Crippen molar-refractivity contribution in [1.29, 1.82) is 0 Å². The number of hydrogen-bond acceptors (Lipinski definition) is 5. The summed E-state index contributed by atoms with van der Waals surface area (Å²) < 4.78 is 37.2. The van der Waals surface area contributed by atoms with E-state index in [0.717, 1.165) is 16.7 Å². The van der Waals surface area contributed by atoms with Gasteiger partial charge < -0.3 is 5.73 Å². The van der Waals surface area contributed by atoms with Gasteiger partial charge in [-0.1, -0.05) is 0 Å². The lowest BCUT2D eigenvalue weighted by molar-refractivity contribution is -0.132. The topological polar surface area (TPSA) is 95.0 Å². The molecule has 0 aliphatic heterocycles. The predicted octanol–water partition coefficient (Wildman–Crippen LogP) is 1.29. The SMILES string of the molecule is [2H]C([2H])([2H])c1nc2cc(F)cc(N)c2c(=O)n1C1CCC(=O)CC1=O. The maximum absolute atomic E-state index is 13.6. The van der Waals surface area contributed by atoms with E-state index in [9.17, 15) is 18.8 Å². The number of nitrogens with two attached hydrogens (primary N) is 1. The Morgan fingerprint density at radius 1 is 1.41 bits per heavy atom. The van der Waals surface area contributed by atoms with E-state index in [1.165, 1.54) is 0 Å². The summed E-state index contributed by atoms with van der Waals surface area (Å²) in [5.74, 6) is -2.20. The van der Waals surface area contributed by atoms with Crippen LogP contribution in [0.15, 0.2) is 16.9 Å². The first-order valence-corrected chi connectivity index (χ1v) is 6.65. The minimum atomic E-state index is -2.81. The molecule has 7 heteroatoms. The number of fused-ring (bicyclic) bond motifs is 1. The molecule has 2 N–H and O–H groups in total. The molecule has 1 atom stereocenters. The molecule has 6 nitrogen and oxygen atoms in total. The molecule has 1 heterocycles. The lowest BCUT2D eigenvalue weighted by atomic mass is 9.92. The van der Waals surface area contributed by atoms with E-state index in [-0.39, 0.29) is 41.6 Å². The number of carbonyl (C=O) groups is 2. The van der Waals surface area contributed by atoms with E-state index < -0.39 is 35.9 Å². The number of carbonyl (C=O) groups excluding carboxylic acids is 2. The van der Waals surface area contributed by atoms with E-state index in [1.807, 2.05) is 0 Å². The number of nitrogens with zero attached hydrogens (tertiary/aromatic N) is 2. The quantitative estimate of drug-likeness (QED) is 0.632.